The molecule has 3 rings (SSSR count). The van der Waals surface area contributed by atoms with Gasteiger partial charge in [-0.05, 0) is 34.5 Å². The van der Waals surface area contributed by atoms with E-state index in [0.29, 0.717) is 5.75 Å². The number of rotatable bonds is 9. The lowest BCUT2D eigenvalue weighted by Crippen LogP contribution is -2.04. The summed E-state index contributed by atoms with van der Waals surface area (Å²) in [4.78, 5) is 0. The van der Waals surface area contributed by atoms with Crippen LogP contribution in [0.1, 0.15) is 24.7 Å². The van der Waals surface area contributed by atoms with E-state index < -0.39 is 0 Å². The number of benzene rings is 1. The summed E-state index contributed by atoms with van der Waals surface area (Å²) < 4.78 is 8.91. The van der Waals surface area contributed by atoms with Crippen molar-refractivity contribution in [3.63, 3.8) is 0 Å². The van der Waals surface area contributed by atoms with Crippen LogP contribution in [0.25, 0.3) is 0 Å². The molecule has 0 spiro atoms. The summed E-state index contributed by atoms with van der Waals surface area (Å²) in [5.41, 5.74) is 1.23. The number of ether oxygens (including phenoxy) is 1. The summed E-state index contributed by atoms with van der Waals surface area (Å²) in [5, 5.41) is 20.3. The van der Waals surface area contributed by atoms with Gasteiger partial charge >= 0.3 is 0 Å². The van der Waals surface area contributed by atoms with Crippen molar-refractivity contribution in [3.8, 4) is 5.75 Å². The fraction of sp³-hybridized carbons (Fsp3) is 0.400. The van der Waals surface area contributed by atoms with Gasteiger partial charge in [-0.2, -0.15) is 0 Å². The number of hydrogen-bond acceptors (Lipinski definition) is 9. The minimum atomic E-state index is 0.699. The lowest BCUT2D eigenvalue weighted by molar-refractivity contribution is 0.414. The van der Waals surface area contributed by atoms with Crippen molar-refractivity contribution in [2.24, 2.45) is 0 Å². The third kappa shape index (κ3) is 5.16. The molecule has 0 atom stereocenters. The quantitative estimate of drug-likeness (QED) is 0.510. The lowest BCUT2D eigenvalue weighted by atomic mass is 10.2. The van der Waals surface area contributed by atoms with Gasteiger partial charge in [0, 0.05) is 12.3 Å². The van der Waals surface area contributed by atoms with E-state index in [2.05, 4.69) is 44.8 Å². The number of tetrazole rings is 1. The Hall–Kier alpha value is -1.65. The first-order chi connectivity index (χ1) is 12.3. The zero-order valence-electron chi connectivity index (χ0n) is 14.0. The van der Waals surface area contributed by atoms with E-state index in [0.717, 1.165) is 39.0 Å². The topological polar surface area (TPSA) is 78.6 Å². The molecule has 3 aromatic rings. The lowest BCUT2D eigenvalue weighted by Gasteiger charge is -2.01. The van der Waals surface area contributed by atoms with Crippen LogP contribution in [0.5, 0.6) is 5.75 Å². The summed E-state index contributed by atoms with van der Waals surface area (Å²) in [7, 11) is 1.67. The summed E-state index contributed by atoms with van der Waals surface area (Å²) >= 11 is 4.91. The standard InChI is InChI=1S/C15H18N6OS3/c1-3-8-21-13(16-19-20-21)10-24-15-18-17-14(25-15)23-9-11-4-6-12(22-2)7-5-11/h4-7H,3,8-10H2,1-2H3. The zero-order chi connectivity index (χ0) is 17.5. The molecular weight excluding hydrogens is 376 g/mol. The van der Waals surface area contributed by atoms with Gasteiger partial charge in [0.15, 0.2) is 14.5 Å². The molecule has 0 bridgehead atoms. The van der Waals surface area contributed by atoms with Crippen LogP contribution in [0.4, 0.5) is 0 Å². The van der Waals surface area contributed by atoms with Gasteiger partial charge in [-0.15, -0.1) is 15.3 Å². The van der Waals surface area contributed by atoms with Gasteiger partial charge in [0.25, 0.3) is 0 Å². The highest BCUT2D eigenvalue weighted by Crippen LogP contribution is 2.32. The maximum absolute atomic E-state index is 5.17. The van der Waals surface area contributed by atoms with Gasteiger partial charge in [-0.3, -0.25) is 0 Å². The Morgan fingerprint density at radius 3 is 2.44 bits per heavy atom. The van der Waals surface area contributed by atoms with Gasteiger partial charge in [-0.25, -0.2) is 4.68 Å². The van der Waals surface area contributed by atoms with Crippen LogP contribution in [0.3, 0.4) is 0 Å². The Bertz CT molecular complexity index is 789. The van der Waals surface area contributed by atoms with Gasteiger partial charge in [-0.1, -0.05) is 53.9 Å². The highest BCUT2D eigenvalue weighted by molar-refractivity contribution is 8.02. The van der Waals surface area contributed by atoms with E-state index in [1.807, 2.05) is 16.8 Å². The van der Waals surface area contributed by atoms with Gasteiger partial charge in [0.05, 0.1) is 12.9 Å². The van der Waals surface area contributed by atoms with Crippen LogP contribution in [-0.4, -0.2) is 37.5 Å². The monoisotopic (exact) mass is 394 g/mol. The Morgan fingerprint density at radius 2 is 1.76 bits per heavy atom. The normalized spacial score (nSPS) is 11.0. The fourth-order valence-electron chi connectivity index (χ4n) is 2.02. The molecule has 0 aliphatic carbocycles. The molecule has 0 unspecified atom stereocenters. The highest BCUT2D eigenvalue weighted by atomic mass is 32.2. The van der Waals surface area contributed by atoms with Crippen molar-refractivity contribution in [2.75, 3.05) is 7.11 Å². The highest BCUT2D eigenvalue weighted by Gasteiger charge is 2.10. The van der Waals surface area contributed by atoms with Crippen molar-refractivity contribution in [3.05, 3.63) is 35.7 Å². The van der Waals surface area contributed by atoms with E-state index in [1.165, 1.54) is 5.56 Å². The summed E-state index contributed by atoms with van der Waals surface area (Å²) in [6, 6.07) is 8.07. The predicted molar refractivity (Wildman–Crippen MR) is 100 cm³/mol. The van der Waals surface area contributed by atoms with E-state index in [4.69, 9.17) is 4.74 Å². The Labute approximate surface area is 158 Å². The van der Waals surface area contributed by atoms with Crippen LogP contribution < -0.4 is 4.74 Å². The molecule has 0 N–H and O–H groups in total. The molecule has 7 nitrogen and oxygen atoms in total. The van der Waals surface area contributed by atoms with Crippen LogP contribution in [0, 0.1) is 0 Å². The van der Waals surface area contributed by atoms with Crippen LogP contribution in [0.2, 0.25) is 0 Å². The molecule has 0 saturated carbocycles. The van der Waals surface area contributed by atoms with Gasteiger partial charge in [0.2, 0.25) is 0 Å². The first kappa shape index (κ1) is 18.2. The smallest absolute Gasteiger partial charge is 0.175 e. The molecule has 2 heterocycles. The maximum atomic E-state index is 5.17. The Kier molecular flexibility index (Phi) is 6.65. The van der Waals surface area contributed by atoms with E-state index in [9.17, 15) is 0 Å². The van der Waals surface area contributed by atoms with Crippen molar-refractivity contribution in [1.82, 2.24) is 30.4 Å². The number of hydrogen-bond donors (Lipinski definition) is 0. The molecule has 0 aliphatic rings. The van der Waals surface area contributed by atoms with E-state index in [-0.39, 0.29) is 0 Å². The molecule has 0 radical (unpaired) electrons. The van der Waals surface area contributed by atoms with Crippen molar-refractivity contribution in [2.45, 2.75) is 40.1 Å². The number of methoxy groups -OCH3 is 1. The van der Waals surface area contributed by atoms with Crippen LogP contribution in [-0.2, 0) is 18.1 Å². The SMILES string of the molecule is CCCn1nnnc1CSc1nnc(SCc2ccc(OC)cc2)s1. The average Bonchev–Trinajstić information content (AvgIpc) is 3.28. The molecule has 25 heavy (non-hydrogen) atoms. The van der Waals surface area contributed by atoms with Crippen molar-refractivity contribution >= 4 is 34.9 Å². The number of aryl methyl sites for hydroxylation is 1. The first-order valence-electron chi connectivity index (χ1n) is 7.75. The molecule has 0 fully saturated rings. The van der Waals surface area contributed by atoms with Crippen LogP contribution >= 0.6 is 34.9 Å². The average molecular weight is 395 g/mol. The Balaban J connectivity index is 1.50. The summed E-state index contributed by atoms with van der Waals surface area (Å²) in [6.07, 6.45) is 1.01. The summed E-state index contributed by atoms with van der Waals surface area (Å²) in [5.74, 6) is 3.30. The molecular formula is C15H18N6OS3. The van der Waals surface area contributed by atoms with E-state index >= 15 is 0 Å². The second kappa shape index (κ2) is 9.16. The fourth-order valence-corrected chi connectivity index (χ4v) is 4.93. The molecule has 132 valence electrons. The predicted octanol–water partition coefficient (Wildman–Crippen LogP) is 3.53. The molecule has 0 saturated heterocycles. The molecule has 10 heteroatoms. The number of nitrogens with zero attached hydrogens (tertiary/aromatic N) is 6. The summed E-state index contributed by atoms with van der Waals surface area (Å²) in [6.45, 7) is 2.94. The minimum absolute atomic E-state index is 0.699. The number of thioether (sulfide) groups is 2. The molecule has 2 aromatic heterocycles. The molecule has 0 amide bonds. The number of aromatic nitrogens is 6. The minimum Gasteiger partial charge on any atom is -0.497 e. The third-order valence-corrected chi connectivity index (χ3v) is 6.53. The van der Waals surface area contributed by atoms with Crippen molar-refractivity contribution in [1.29, 1.82) is 0 Å². The molecule has 0 aliphatic heterocycles. The van der Waals surface area contributed by atoms with Crippen LogP contribution in [0.15, 0.2) is 32.9 Å². The second-order valence-electron chi connectivity index (χ2n) is 5.08. The zero-order valence-corrected chi connectivity index (χ0v) is 16.4. The van der Waals surface area contributed by atoms with Gasteiger partial charge in [0.1, 0.15) is 5.75 Å². The van der Waals surface area contributed by atoms with Gasteiger partial charge < -0.3 is 4.74 Å². The molecule has 1 aromatic carbocycles. The van der Waals surface area contributed by atoms with Crippen molar-refractivity contribution < 1.29 is 4.74 Å². The Morgan fingerprint density at radius 1 is 1.04 bits per heavy atom. The van der Waals surface area contributed by atoms with E-state index in [1.54, 1.807) is 42.0 Å². The third-order valence-electron chi connectivity index (χ3n) is 3.28. The first-order valence-corrected chi connectivity index (χ1v) is 10.5. The second-order valence-corrected chi connectivity index (χ2v) is 8.50. The largest absolute Gasteiger partial charge is 0.497 e. The maximum Gasteiger partial charge on any atom is 0.175 e.